The van der Waals surface area contributed by atoms with Gasteiger partial charge in [-0.3, -0.25) is 4.99 Å². The Bertz CT molecular complexity index is 681. The van der Waals surface area contributed by atoms with Crippen LogP contribution >= 0.6 is 0 Å². The van der Waals surface area contributed by atoms with E-state index in [1.54, 1.807) is 19.5 Å². The lowest BCUT2D eigenvalue weighted by Gasteiger charge is -2.41. The molecular formula is C16H17N3O4. The van der Waals surface area contributed by atoms with Crippen LogP contribution in [0.1, 0.15) is 18.5 Å². The molecule has 0 aliphatic carbocycles. The van der Waals surface area contributed by atoms with E-state index in [-0.39, 0.29) is 12.0 Å². The number of amidine groups is 1. The Morgan fingerprint density at radius 2 is 2.04 bits per heavy atom. The van der Waals surface area contributed by atoms with Gasteiger partial charge in [0.15, 0.2) is 5.84 Å². The first-order valence-corrected chi connectivity index (χ1v) is 7.19. The fraction of sp³-hybridized carbons (Fsp3) is 0.312. The summed E-state index contributed by atoms with van der Waals surface area (Å²) < 4.78 is 10.1. The van der Waals surface area contributed by atoms with Gasteiger partial charge in [0.2, 0.25) is 6.23 Å². The van der Waals surface area contributed by atoms with Gasteiger partial charge in [-0.25, -0.2) is 9.79 Å². The molecule has 7 nitrogen and oxygen atoms in total. The Labute approximate surface area is 133 Å². The van der Waals surface area contributed by atoms with E-state index in [1.165, 1.54) is 0 Å². The predicted molar refractivity (Wildman–Crippen MR) is 84.7 cm³/mol. The summed E-state index contributed by atoms with van der Waals surface area (Å²) in [5.41, 5.74) is 1.02. The Balaban J connectivity index is 1.98. The lowest BCUT2D eigenvalue weighted by atomic mass is 9.90. The van der Waals surface area contributed by atoms with Crippen molar-refractivity contribution >= 4 is 18.2 Å². The molecular weight excluding hydrogens is 298 g/mol. The summed E-state index contributed by atoms with van der Waals surface area (Å²) in [7, 11) is 1.61. The van der Waals surface area contributed by atoms with Crippen LogP contribution in [-0.2, 0) is 4.74 Å². The molecule has 1 aromatic carbocycles. The van der Waals surface area contributed by atoms with E-state index in [4.69, 9.17) is 14.6 Å². The average Bonchev–Trinajstić information content (AvgIpc) is 2.55. The molecule has 3 rings (SSSR count). The second kappa shape index (κ2) is 6.12. The minimum absolute atomic E-state index is 0.110. The van der Waals surface area contributed by atoms with Crippen molar-refractivity contribution in [2.45, 2.75) is 19.2 Å². The van der Waals surface area contributed by atoms with E-state index >= 15 is 0 Å². The number of methoxy groups -OCH3 is 1. The third kappa shape index (κ3) is 2.90. The third-order valence-electron chi connectivity index (χ3n) is 3.95. The quantitative estimate of drug-likeness (QED) is 0.867. The molecule has 1 N–H and O–H groups in total. The second-order valence-electron chi connectivity index (χ2n) is 5.32. The van der Waals surface area contributed by atoms with Crippen molar-refractivity contribution in [1.82, 2.24) is 4.90 Å². The maximum Gasteiger partial charge on any atom is 0.507 e. The Morgan fingerprint density at radius 3 is 2.70 bits per heavy atom. The van der Waals surface area contributed by atoms with Crippen LogP contribution in [0.25, 0.3) is 0 Å². The van der Waals surface area contributed by atoms with E-state index in [0.717, 1.165) is 11.3 Å². The van der Waals surface area contributed by atoms with Gasteiger partial charge in [0.25, 0.3) is 0 Å². The van der Waals surface area contributed by atoms with E-state index in [0.29, 0.717) is 5.84 Å². The van der Waals surface area contributed by atoms with Gasteiger partial charge in [-0.1, -0.05) is 19.1 Å². The Morgan fingerprint density at radius 1 is 1.30 bits per heavy atom. The highest BCUT2D eigenvalue weighted by molar-refractivity contribution is 6.30. The van der Waals surface area contributed by atoms with Crippen LogP contribution in [0.15, 0.2) is 46.7 Å². The molecule has 0 amide bonds. The number of fused-ring (bicyclic) bond motifs is 1. The number of ether oxygens (including phenoxy) is 2. The molecule has 3 unspecified atom stereocenters. The summed E-state index contributed by atoms with van der Waals surface area (Å²) in [6.07, 6.45) is 3.00. The normalized spacial score (nSPS) is 25.6. The minimum atomic E-state index is -1.34. The number of benzene rings is 1. The fourth-order valence-electron chi connectivity index (χ4n) is 2.86. The Kier molecular flexibility index (Phi) is 4.01. The van der Waals surface area contributed by atoms with Gasteiger partial charge in [-0.05, 0) is 17.7 Å². The molecule has 23 heavy (non-hydrogen) atoms. The van der Waals surface area contributed by atoms with Crippen molar-refractivity contribution in [2.75, 3.05) is 7.11 Å². The van der Waals surface area contributed by atoms with Crippen molar-refractivity contribution in [3.63, 3.8) is 0 Å². The maximum atomic E-state index is 10.9. The first-order valence-electron chi connectivity index (χ1n) is 7.19. The molecule has 2 heterocycles. The molecule has 0 saturated carbocycles. The molecule has 0 spiro atoms. The Hall–Kier alpha value is -2.83. The smallest absolute Gasteiger partial charge is 0.497 e. The van der Waals surface area contributed by atoms with Gasteiger partial charge in [-0.2, -0.15) is 0 Å². The van der Waals surface area contributed by atoms with Crippen LogP contribution in [0.5, 0.6) is 5.75 Å². The minimum Gasteiger partial charge on any atom is -0.497 e. The van der Waals surface area contributed by atoms with E-state index < -0.39 is 12.4 Å². The summed E-state index contributed by atoms with van der Waals surface area (Å²) in [5.74, 6) is 1.18. The highest BCUT2D eigenvalue weighted by Gasteiger charge is 2.39. The number of hydrogen-bond acceptors (Lipinski definition) is 6. The second-order valence-corrected chi connectivity index (χ2v) is 5.32. The zero-order valence-electron chi connectivity index (χ0n) is 12.8. The zero-order valence-corrected chi connectivity index (χ0v) is 12.8. The van der Waals surface area contributed by atoms with E-state index in [9.17, 15) is 4.79 Å². The van der Waals surface area contributed by atoms with E-state index in [1.807, 2.05) is 42.3 Å². The maximum absolute atomic E-state index is 10.9. The number of carboxylic acid groups (broad SMARTS) is 1. The summed E-state index contributed by atoms with van der Waals surface area (Å²) in [6, 6.07) is 7.56. The molecule has 1 aromatic rings. The summed E-state index contributed by atoms with van der Waals surface area (Å²) >= 11 is 0. The monoisotopic (exact) mass is 315 g/mol. The highest BCUT2D eigenvalue weighted by atomic mass is 16.7. The molecule has 2 aliphatic rings. The molecule has 3 atom stereocenters. The van der Waals surface area contributed by atoms with Gasteiger partial charge in [0, 0.05) is 18.3 Å². The standard InChI is InChI=1S/C16H17N3O4/c1-10-14(11-3-5-12(22-2)6-4-11)19-8-7-17-9-13(19)18-15(10)23-16(20)21/h3-10,14-15H,1-2H3,(H,20,21). The van der Waals surface area contributed by atoms with Crippen LogP contribution in [0.4, 0.5) is 4.79 Å². The number of rotatable bonds is 3. The van der Waals surface area contributed by atoms with Crippen molar-refractivity contribution in [2.24, 2.45) is 15.9 Å². The van der Waals surface area contributed by atoms with Crippen LogP contribution < -0.4 is 4.74 Å². The number of aliphatic imine (C=N–C) groups is 2. The molecule has 120 valence electrons. The highest BCUT2D eigenvalue weighted by Crippen LogP contribution is 2.37. The number of hydrogen-bond donors (Lipinski definition) is 1. The lowest BCUT2D eigenvalue weighted by Crippen LogP contribution is -2.45. The average molecular weight is 315 g/mol. The first kappa shape index (κ1) is 15.1. The van der Waals surface area contributed by atoms with Gasteiger partial charge < -0.3 is 19.5 Å². The number of nitrogens with zero attached hydrogens (tertiary/aromatic N) is 3. The number of carbonyl (C=O) groups is 1. The largest absolute Gasteiger partial charge is 0.507 e. The van der Waals surface area contributed by atoms with Crippen LogP contribution in [0, 0.1) is 5.92 Å². The molecule has 0 aromatic heterocycles. The molecule has 0 fully saturated rings. The van der Waals surface area contributed by atoms with Gasteiger partial charge in [-0.15, -0.1) is 0 Å². The molecule has 7 heteroatoms. The first-order chi connectivity index (χ1) is 11.1. The van der Waals surface area contributed by atoms with Gasteiger partial charge >= 0.3 is 6.16 Å². The topological polar surface area (TPSA) is 83.7 Å². The van der Waals surface area contributed by atoms with Crippen molar-refractivity contribution in [3.8, 4) is 5.75 Å². The molecule has 0 radical (unpaired) electrons. The SMILES string of the molecule is COc1ccc(C2C(C)C(OC(=O)O)N=C3C=NC=CN32)cc1. The summed E-state index contributed by atoms with van der Waals surface area (Å²) in [6.45, 7) is 1.92. The predicted octanol–water partition coefficient (Wildman–Crippen LogP) is 2.66. The van der Waals surface area contributed by atoms with Gasteiger partial charge in [0.1, 0.15) is 5.75 Å². The molecule has 0 saturated heterocycles. The van der Waals surface area contributed by atoms with Crippen molar-refractivity contribution < 1.29 is 19.4 Å². The summed E-state index contributed by atoms with van der Waals surface area (Å²) in [4.78, 5) is 21.3. The van der Waals surface area contributed by atoms with Crippen molar-refractivity contribution in [3.05, 3.63) is 42.2 Å². The third-order valence-corrected chi connectivity index (χ3v) is 3.95. The van der Waals surface area contributed by atoms with Crippen LogP contribution in [-0.4, -0.2) is 41.5 Å². The van der Waals surface area contributed by atoms with E-state index in [2.05, 4.69) is 9.98 Å². The zero-order chi connectivity index (χ0) is 16.4. The summed E-state index contributed by atoms with van der Waals surface area (Å²) in [5, 5.41) is 8.94. The van der Waals surface area contributed by atoms with Crippen LogP contribution in [0.3, 0.4) is 0 Å². The van der Waals surface area contributed by atoms with Crippen LogP contribution in [0.2, 0.25) is 0 Å². The fourth-order valence-corrected chi connectivity index (χ4v) is 2.86. The molecule has 2 aliphatic heterocycles. The van der Waals surface area contributed by atoms with Gasteiger partial charge in [0.05, 0.1) is 19.4 Å². The van der Waals surface area contributed by atoms with Crippen molar-refractivity contribution in [1.29, 1.82) is 0 Å². The molecule has 0 bridgehead atoms. The lowest BCUT2D eigenvalue weighted by molar-refractivity contribution is 0.0104.